The molecule has 0 radical (unpaired) electrons. The lowest BCUT2D eigenvalue weighted by atomic mass is 10.2. The number of aryl methyl sites for hydroxylation is 2. The van der Waals surface area contributed by atoms with Crippen LogP contribution in [0.3, 0.4) is 0 Å². The largest absolute Gasteiger partial charge is 0.495 e. The van der Waals surface area contributed by atoms with E-state index in [0.29, 0.717) is 28.1 Å². The van der Waals surface area contributed by atoms with Gasteiger partial charge in [-0.05, 0) is 49.7 Å². The van der Waals surface area contributed by atoms with Crippen LogP contribution in [0.15, 0.2) is 48.5 Å². The minimum absolute atomic E-state index is 0.255. The summed E-state index contributed by atoms with van der Waals surface area (Å²) < 4.78 is 5.11. The molecular formula is C20H19ClN4O2. The van der Waals surface area contributed by atoms with Crippen LogP contribution < -0.4 is 15.4 Å². The van der Waals surface area contributed by atoms with Crippen molar-refractivity contribution >= 4 is 34.8 Å². The van der Waals surface area contributed by atoms with Crippen LogP contribution in [-0.4, -0.2) is 23.0 Å². The summed E-state index contributed by atoms with van der Waals surface area (Å²) >= 11 is 6.10. The van der Waals surface area contributed by atoms with Crippen molar-refractivity contribution in [2.24, 2.45) is 0 Å². The van der Waals surface area contributed by atoms with E-state index in [1.165, 1.54) is 7.11 Å². The molecule has 0 spiro atoms. The number of aromatic nitrogens is 2. The Morgan fingerprint density at radius 3 is 2.56 bits per heavy atom. The molecule has 0 unspecified atom stereocenters. The highest BCUT2D eigenvalue weighted by atomic mass is 35.5. The molecule has 138 valence electrons. The maximum Gasteiger partial charge on any atom is 0.274 e. The predicted molar refractivity (Wildman–Crippen MR) is 107 cm³/mol. The first-order chi connectivity index (χ1) is 13.0. The monoisotopic (exact) mass is 382 g/mol. The minimum atomic E-state index is -0.352. The Morgan fingerprint density at radius 2 is 1.85 bits per heavy atom. The molecule has 1 aromatic heterocycles. The number of carbonyl (C=O) groups is 1. The highest BCUT2D eigenvalue weighted by Crippen LogP contribution is 2.27. The van der Waals surface area contributed by atoms with Gasteiger partial charge in [0.25, 0.3) is 5.91 Å². The number of amides is 1. The van der Waals surface area contributed by atoms with Crippen LogP contribution in [0.4, 0.5) is 17.3 Å². The van der Waals surface area contributed by atoms with Gasteiger partial charge in [0, 0.05) is 17.1 Å². The first kappa shape index (κ1) is 18.7. The number of rotatable bonds is 5. The third kappa shape index (κ3) is 4.54. The first-order valence-corrected chi connectivity index (χ1v) is 8.67. The Morgan fingerprint density at radius 1 is 1.07 bits per heavy atom. The predicted octanol–water partition coefficient (Wildman–Crippen LogP) is 4.75. The fourth-order valence-electron chi connectivity index (χ4n) is 2.51. The molecule has 0 atom stereocenters. The van der Waals surface area contributed by atoms with Gasteiger partial charge in [-0.25, -0.2) is 9.97 Å². The van der Waals surface area contributed by atoms with Crippen LogP contribution in [0.1, 0.15) is 21.7 Å². The molecule has 3 aromatic rings. The molecule has 7 heteroatoms. The highest BCUT2D eigenvalue weighted by molar-refractivity contribution is 6.32. The number of benzene rings is 2. The summed E-state index contributed by atoms with van der Waals surface area (Å²) in [6.45, 7) is 3.80. The van der Waals surface area contributed by atoms with Crippen molar-refractivity contribution in [1.82, 2.24) is 9.97 Å². The second-order valence-corrected chi connectivity index (χ2v) is 6.37. The van der Waals surface area contributed by atoms with Gasteiger partial charge in [-0.2, -0.15) is 0 Å². The molecule has 1 amide bonds. The molecule has 1 heterocycles. The molecule has 0 aliphatic rings. The van der Waals surface area contributed by atoms with Crippen LogP contribution in [0.25, 0.3) is 0 Å². The second-order valence-electron chi connectivity index (χ2n) is 5.96. The fourth-order valence-corrected chi connectivity index (χ4v) is 2.77. The summed E-state index contributed by atoms with van der Waals surface area (Å²) in [7, 11) is 1.53. The lowest BCUT2D eigenvalue weighted by Crippen LogP contribution is -2.15. The molecule has 6 nitrogen and oxygen atoms in total. The van der Waals surface area contributed by atoms with Gasteiger partial charge in [0.05, 0.1) is 12.1 Å². The second kappa shape index (κ2) is 8.05. The van der Waals surface area contributed by atoms with E-state index in [-0.39, 0.29) is 11.6 Å². The average molecular weight is 383 g/mol. The number of nitrogens with one attached hydrogen (secondary N) is 2. The van der Waals surface area contributed by atoms with Crippen molar-refractivity contribution in [3.8, 4) is 5.75 Å². The Kier molecular flexibility index (Phi) is 5.57. The van der Waals surface area contributed by atoms with Gasteiger partial charge in [-0.15, -0.1) is 0 Å². The number of halogens is 1. The van der Waals surface area contributed by atoms with Crippen molar-refractivity contribution in [2.45, 2.75) is 13.8 Å². The van der Waals surface area contributed by atoms with Gasteiger partial charge >= 0.3 is 0 Å². The van der Waals surface area contributed by atoms with Gasteiger partial charge < -0.3 is 15.4 Å². The lowest BCUT2D eigenvalue weighted by molar-refractivity contribution is 0.102. The third-order valence-electron chi connectivity index (χ3n) is 3.89. The Labute approximate surface area is 162 Å². The number of anilines is 3. The minimum Gasteiger partial charge on any atom is -0.495 e. The Balaban J connectivity index is 1.82. The van der Waals surface area contributed by atoms with E-state index >= 15 is 0 Å². The van der Waals surface area contributed by atoms with E-state index < -0.39 is 0 Å². The number of methoxy groups -OCH3 is 1. The van der Waals surface area contributed by atoms with Gasteiger partial charge in [0.2, 0.25) is 5.95 Å². The van der Waals surface area contributed by atoms with Gasteiger partial charge in [-0.3, -0.25) is 4.79 Å². The van der Waals surface area contributed by atoms with Crippen LogP contribution in [0.2, 0.25) is 5.02 Å². The molecule has 0 fully saturated rings. The van der Waals surface area contributed by atoms with Gasteiger partial charge in [-0.1, -0.05) is 29.8 Å². The maximum absolute atomic E-state index is 12.6. The summed E-state index contributed by atoms with van der Waals surface area (Å²) in [5, 5.41) is 6.35. The number of para-hydroxylation sites is 1. The molecule has 0 aliphatic heterocycles. The number of hydrogen-bond acceptors (Lipinski definition) is 5. The summed E-state index contributed by atoms with van der Waals surface area (Å²) in [5.41, 5.74) is 3.43. The van der Waals surface area contributed by atoms with Crippen molar-refractivity contribution in [1.29, 1.82) is 0 Å². The molecule has 2 N–H and O–H groups in total. The van der Waals surface area contributed by atoms with Crippen LogP contribution in [0, 0.1) is 13.8 Å². The van der Waals surface area contributed by atoms with Gasteiger partial charge in [0.1, 0.15) is 11.4 Å². The van der Waals surface area contributed by atoms with Crippen molar-refractivity contribution in [3.63, 3.8) is 0 Å². The first-order valence-electron chi connectivity index (χ1n) is 8.29. The van der Waals surface area contributed by atoms with Crippen LogP contribution in [0.5, 0.6) is 5.75 Å². The zero-order valence-electron chi connectivity index (χ0n) is 15.2. The Bertz CT molecular complexity index is 991. The highest BCUT2D eigenvalue weighted by Gasteiger charge is 2.13. The number of ether oxygens (including phenoxy) is 1. The van der Waals surface area contributed by atoms with Crippen molar-refractivity contribution in [2.75, 3.05) is 17.7 Å². The Hall–Kier alpha value is -3.12. The quantitative estimate of drug-likeness (QED) is 0.665. The van der Waals surface area contributed by atoms with Gasteiger partial charge in [0.15, 0.2) is 0 Å². The normalized spacial score (nSPS) is 10.4. The zero-order valence-corrected chi connectivity index (χ0v) is 16.0. The summed E-state index contributed by atoms with van der Waals surface area (Å²) in [4.78, 5) is 21.3. The lowest BCUT2D eigenvalue weighted by Gasteiger charge is -2.11. The molecule has 0 saturated carbocycles. The summed E-state index contributed by atoms with van der Waals surface area (Å²) in [6, 6.07) is 14.4. The van der Waals surface area contributed by atoms with E-state index in [1.54, 1.807) is 24.3 Å². The van der Waals surface area contributed by atoms with E-state index in [1.807, 2.05) is 38.1 Å². The fraction of sp³-hybridized carbons (Fsp3) is 0.150. The molecule has 0 saturated heterocycles. The number of hydrogen-bond donors (Lipinski definition) is 2. The molecule has 0 aliphatic carbocycles. The van der Waals surface area contributed by atoms with Crippen molar-refractivity contribution < 1.29 is 9.53 Å². The van der Waals surface area contributed by atoms with Crippen LogP contribution in [-0.2, 0) is 0 Å². The molecule has 27 heavy (non-hydrogen) atoms. The smallest absolute Gasteiger partial charge is 0.274 e. The van der Waals surface area contributed by atoms with E-state index in [2.05, 4.69) is 20.6 Å². The van der Waals surface area contributed by atoms with E-state index in [0.717, 1.165) is 11.3 Å². The molecule has 3 rings (SSSR count). The summed E-state index contributed by atoms with van der Waals surface area (Å²) in [6.07, 6.45) is 0. The average Bonchev–Trinajstić information content (AvgIpc) is 2.63. The number of nitrogens with zero attached hydrogens (tertiary/aromatic N) is 2. The summed E-state index contributed by atoms with van der Waals surface area (Å²) in [5.74, 6) is 0.550. The van der Waals surface area contributed by atoms with Crippen molar-refractivity contribution in [3.05, 3.63) is 70.5 Å². The maximum atomic E-state index is 12.6. The molecule has 0 bridgehead atoms. The number of carbonyl (C=O) groups excluding carboxylic acids is 1. The zero-order chi connectivity index (χ0) is 19.4. The standard InChI is InChI=1S/C20H19ClN4O2/c1-12-6-4-5-7-16(12)24-20-22-13(2)10-17(25-20)19(26)23-14-8-9-18(27-3)15(21)11-14/h4-11H,1-3H3,(H,23,26)(H,22,24,25). The third-order valence-corrected chi connectivity index (χ3v) is 4.18. The topological polar surface area (TPSA) is 76.1 Å². The van der Waals surface area contributed by atoms with Crippen LogP contribution >= 0.6 is 11.6 Å². The van der Waals surface area contributed by atoms with E-state index in [4.69, 9.17) is 16.3 Å². The SMILES string of the molecule is COc1ccc(NC(=O)c2cc(C)nc(Nc3ccccc3C)n2)cc1Cl. The molecular weight excluding hydrogens is 364 g/mol. The molecule has 2 aromatic carbocycles. The van der Waals surface area contributed by atoms with E-state index in [9.17, 15) is 4.79 Å².